The number of hydrogen-bond donors (Lipinski definition) is 2. The molecule has 1 aliphatic rings. The van der Waals surface area contributed by atoms with Crippen LogP contribution in [0.3, 0.4) is 0 Å². The average molecular weight is 356 g/mol. The van der Waals surface area contributed by atoms with Gasteiger partial charge in [0.25, 0.3) is 0 Å². The zero-order valence-corrected chi connectivity index (χ0v) is 15.6. The molecule has 0 saturated carbocycles. The quantitative estimate of drug-likeness (QED) is 0.584. The molecule has 1 aliphatic heterocycles. The van der Waals surface area contributed by atoms with Gasteiger partial charge in [0.15, 0.2) is 11.8 Å². The Morgan fingerprint density at radius 1 is 1.31 bits per heavy atom. The SMILES string of the molecule is CCNC(=NCc1nc(C)no1)NCC1CCCN1Cc1ccccc1. The van der Waals surface area contributed by atoms with E-state index in [9.17, 15) is 0 Å². The van der Waals surface area contributed by atoms with Crippen molar-refractivity contribution in [3.05, 3.63) is 47.6 Å². The van der Waals surface area contributed by atoms with Crippen molar-refractivity contribution in [2.75, 3.05) is 19.6 Å². The molecule has 26 heavy (non-hydrogen) atoms. The third kappa shape index (κ3) is 5.29. The molecule has 1 unspecified atom stereocenters. The molecule has 140 valence electrons. The van der Waals surface area contributed by atoms with Gasteiger partial charge in [-0.25, -0.2) is 4.99 Å². The van der Waals surface area contributed by atoms with Crippen molar-refractivity contribution in [3.8, 4) is 0 Å². The molecule has 0 spiro atoms. The molecule has 1 saturated heterocycles. The maximum atomic E-state index is 5.12. The van der Waals surface area contributed by atoms with Gasteiger partial charge in [-0.05, 0) is 38.8 Å². The maximum Gasteiger partial charge on any atom is 0.248 e. The topological polar surface area (TPSA) is 78.6 Å². The number of aliphatic imine (C=N–C) groups is 1. The number of benzene rings is 1. The first kappa shape index (κ1) is 18.4. The summed E-state index contributed by atoms with van der Waals surface area (Å²) in [6.45, 7) is 8.09. The number of hydrogen-bond acceptors (Lipinski definition) is 5. The van der Waals surface area contributed by atoms with E-state index in [2.05, 4.69) is 67.9 Å². The van der Waals surface area contributed by atoms with Crippen molar-refractivity contribution < 1.29 is 4.52 Å². The van der Waals surface area contributed by atoms with Crippen LogP contribution in [-0.4, -0.2) is 46.7 Å². The first-order chi connectivity index (χ1) is 12.7. The predicted molar refractivity (Wildman–Crippen MR) is 102 cm³/mol. The minimum atomic E-state index is 0.384. The van der Waals surface area contributed by atoms with E-state index in [0.717, 1.165) is 32.1 Å². The molecular weight excluding hydrogens is 328 g/mol. The number of guanidine groups is 1. The van der Waals surface area contributed by atoms with E-state index >= 15 is 0 Å². The highest BCUT2D eigenvalue weighted by atomic mass is 16.5. The van der Waals surface area contributed by atoms with Gasteiger partial charge in [0, 0.05) is 25.7 Å². The largest absolute Gasteiger partial charge is 0.357 e. The standard InChI is InChI=1S/C19H28N6O/c1-3-20-19(22-13-18-23-15(2)24-26-18)21-12-17-10-7-11-25(17)14-16-8-5-4-6-9-16/h4-6,8-9,17H,3,7,10-14H2,1-2H3,(H2,20,21,22). The van der Waals surface area contributed by atoms with Crippen LogP contribution in [-0.2, 0) is 13.1 Å². The van der Waals surface area contributed by atoms with Gasteiger partial charge in [0.1, 0.15) is 6.54 Å². The molecule has 0 bridgehead atoms. The van der Waals surface area contributed by atoms with E-state index in [0.29, 0.717) is 24.3 Å². The molecule has 7 nitrogen and oxygen atoms in total. The lowest BCUT2D eigenvalue weighted by Gasteiger charge is -2.25. The second kappa shape index (κ2) is 9.33. The molecule has 3 rings (SSSR count). The second-order valence-corrected chi connectivity index (χ2v) is 6.56. The molecule has 1 fully saturated rings. The van der Waals surface area contributed by atoms with Crippen LogP contribution < -0.4 is 10.6 Å². The molecule has 2 heterocycles. The van der Waals surface area contributed by atoms with Crippen molar-refractivity contribution in [2.45, 2.75) is 45.8 Å². The van der Waals surface area contributed by atoms with E-state index in [1.165, 1.54) is 18.4 Å². The van der Waals surface area contributed by atoms with E-state index < -0.39 is 0 Å². The van der Waals surface area contributed by atoms with Crippen molar-refractivity contribution >= 4 is 5.96 Å². The normalized spacial score (nSPS) is 18.2. The molecule has 0 amide bonds. The van der Waals surface area contributed by atoms with Gasteiger partial charge in [0.2, 0.25) is 5.89 Å². The van der Waals surface area contributed by atoms with Crippen LogP contribution in [0.5, 0.6) is 0 Å². The van der Waals surface area contributed by atoms with Crippen LogP contribution in [0.4, 0.5) is 0 Å². The minimum Gasteiger partial charge on any atom is -0.357 e. The first-order valence-electron chi connectivity index (χ1n) is 9.34. The summed E-state index contributed by atoms with van der Waals surface area (Å²) in [5.41, 5.74) is 1.37. The predicted octanol–water partition coefficient (Wildman–Crippen LogP) is 2.10. The zero-order valence-electron chi connectivity index (χ0n) is 15.6. The Kier molecular flexibility index (Phi) is 6.60. The fourth-order valence-electron chi connectivity index (χ4n) is 3.26. The summed E-state index contributed by atoms with van der Waals surface area (Å²) in [7, 11) is 0. The van der Waals surface area contributed by atoms with Crippen LogP contribution >= 0.6 is 0 Å². The van der Waals surface area contributed by atoms with Crippen LogP contribution in [0.2, 0.25) is 0 Å². The second-order valence-electron chi connectivity index (χ2n) is 6.56. The van der Waals surface area contributed by atoms with Gasteiger partial charge in [-0.1, -0.05) is 35.5 Å². The number of aromatic nitrogens is 2. The fraction of sp³-hybridized carbons (Fsp3) is 0.526. The highest BCUT2D eigenvalue weighted by Gasteiger charge is 2.24. The van der Waals surface area contributed by atoms with Gasteiger partial charge in [-0.2, -0.15) is 4.98 Å². The first-order valence-corrected chi connectivity index (χ1v) is 9.34. The summed E-state index contributed by atoms with van der Waals surface area (Å²) in [5, 5.41) is 10.5. The number of nitrogens with zero attached hydrogens (tertiary/aromatic N) is 4. The van der Waals surface area contributed by atoms with Crippen molar-refractivity contribution in [2.24, 2.45) is 4.99 Å². The smallest absolute Gasteiger partial charge is 0.248 e. The third-order valence-electron chi connectivity index (χ3n) is 4.52. The van der Waals surface area contributed by atoms with Crippen LogP contribution in [0.15, 0.2) is 39.8 Å². The van der Waals surface area contributed by atoms with Gasteiger partial charge in [-0.15, -0.1) is 0 Å². The summed E-state index contributed by atoms with van der Waals surface area (Å²) in [5.74, 6) is 1.96. The zero-order chi connectivity index (χ0) is 18.2. The van der Waals surface area contributed by atoms with Crippen LogP contribution in [0, 0.1) is 6.92 Å². The van der Waals surface area contributed by atoms with Gasteiger partial charge < -0.3 is 15.2 Å². The minimum absolute atomic E-state index is 0.384. The van der Waals surface area contributed by atoms with E-state index in [1.807, 2.05) is 6.92 Å². The number of likely N-dealkylation sites (tertiary alicyclic amines) is 1. The average Bonchev–Trinajstić information content (AvgIpc) is 3.27. The molecule has 2 aromatic rings. The molecule has 1 aromatic heterocycles. The highest BCUT2D eigenvalue weighted by molar-refractivity contribution is 5.79. The monoisotopic (exact) mass is 356 g/mol. The Hall–Kier alpha value is -2.41. The van der Waals surface area contributed by atoms with E-state index in [-0.39, 0.29) is 0 Å². The van der Waals surface area contributed by atoms with Gasteiger partial charge in [-0.3, -0.25) is 4.90 Å². The molecule has 0 radical (unpaired) electrons. The lowest BCUT2D eigenvalue weighted by atomic mass is 10.2. The van der Waals surface area contributed by atoms with E-state index in [4.69, 9.17) is 4.52 Å². The third-order valence-corrected chi connectivity index (χ3v) is 4.52. The van der Waals surface area contributed by atoms with Crippen molar-refractivity contribution in [3.63, 3.8) is 0 Å². The van der Waals surface area contributed by atoms with Crippen LogP contribution in [0.1, 0.15) is 37.0 Å². The summed E-state index contributed by atoms with van der Waals surface area (Å²) < 4.78 is 5.12. The molecule has 1 aromatic carbocycles. The van der Waals surface area contributed by atoms with Gasteiger partial charge in [0.05, 0.1) is 0 Å². The van der Waals surface area contributed by atoms with Crippen molar-refractivity contribution in [1.82, 2.24) is 25.7 Å². The number of aryl methyl sites for hydroxylation is 1. The van der Waals surface area contributed by atoms with Crippen LogP contribution in [0.25, 0.3) is 0 Å². The number of nitrogens with one attached hydrogen (secondary N) is 2. The fourth-order valence-corrected chi connectivity index (χ4v) is 3.26. The Morgan fingerprint density at radius 3 is 2.88 bits per heavy atom. The summed E-state index contributed by atoms with van der Waals surface area (Å²) in [6, 6.07) is 11.2. The Labute approximate surface area is 154 Å². The van der Waals surface area contributed by atoms with Gasteiger partial charge >= 0.3 is 0 Å². The Bertz CT molecular complexity index is 699. The summed E-state index contributed by atoms with van der Waals surface area (Å²) in [4.78, 5) is 11.3. The summed E-state index contributed by atoms with van der Waals surface area (Å²) in [6.07, 6.45) is 2.45. The lowest BCUT2D eigenvalue weighted by Crippen LogP contribution is -2.44. The molecule has 1 atom stereocenters. The number of rotatable bonds is 7. The molecule has 7 heteroatoms. The lowest BCUT2D eigenvalue weighted by molar-refractivity contribution is 0.245. The molecular formula is C19H28N6O. The Balaban J connectivity index is 1.53. The summed E-state index contributed by atoms with van der Waals surface area (Å²) >= 11 is 0. The molecule has 0 aliphatic carbocycles. The Morgan fingerprint density at radius 2 is 2.15 bits per heavy atom. The van der Waals surface area contributed by atoms with E-state index in [1.54, 1.807) is 0 Å². The van der Waals surface area contributed by atoms with Crippen molar-refractivity contribution in [1.29, 1.82) is 0 Å². The maximum absolute atomic E-state index is 5.12. The highest BCUT2D eigenvalue weighted by Crippen LogP contribution is 2.19. The molecule has 2 N–H and O–H groups in total.